The van der Waals surface area contributed by atoms with Crippen molar-refractivity contribution in [2.45, 2.75) is 13.8 Å². The Balaban J connectivity index is 1.96. The Labute approximate surface area is 178 Å². The van der Waals surface area contributed by atoms with Crippen molar-refractivity contribution in [2.24, 2.45) is 0 Å². The molecule has 9 heteroatoms. The first-order valence-electron chi connectivity index (χ1n) is 7.71. The zero-order valence-electron chi connectivity index (χ0n) is 14.4. The normalized spacial score (nSPS) is 10.2. The van der Waals surface area contributed by atoms with E-state index >= 15 is 0 Å². The standard InChI is InChI=1S/C18H16Br2N2O4S/c1-9-6-11(19)7-13(20)16(9)26-8-15(23)22-18(27)21-14-5-3-4-12(10(14)2)17(24)25/h3-7H,8H2,1-2H3,(H,24,25)(H2,21,22,23,27). The molecule has 2 rings (SSSR count). The fourth-order valence-electron chi connectivity index (χ4n) is 2.33. The quantitative estimate of drug-likeness (QED) is 0.511. The number of carboxylic acids is 1. The molecule has 0 heterocycles. The number of carboxylic acid groups (broad SMARTS) is 1. The predicted octanol–water partition coefficient (Wildman–Crippen LogP) is 4.42. The van der Waals surface area contributed by atoms with Gasteiger partial charge in [-0.05, 0) is 77.4 Å². The van der Waals surface area contributed by atoms with Crippen molar-refractivity contribution in [1.82, 2.24) is 5.32 Å². The summed E-state index contributed by atoms with van der Waals surface area (Å²) in [7, 11) is 0. The summed E-state index contributed by atoms with van der Waals surface area (Å²) in [6.45, 7) is 3.30. The van der Waals surface area contributed by atoms with E-state index in [9.17, 15) is 9.59 Å². The average Bonchev–Trinajstić information content (AvgIpc) is 2.55. The number of amides is 1. The molecule has 2 aromatic rings. The van der Waals surface area contributed by atoms with E-state index in [0.717, 1.165) is 14.5 Å². The molecular weight excluding hydrogens is 500 g/mol. The Morgan fingerprint density at radius 2 is 1.93 bits per heavy atom. The number of aryl methyl sites for hydroxylation is 1. The molecule has 1 amide bonds. The largest absolute Gasteiger partial charge is 0.482 e. The van der Waals surface area contributed by atoms with Crippen LogP contribution in [0.1, 0.15) is 21.5 Å². The second-order valence-corrected chi connectivity index (χ2v) is 7.79. The lowest BCUT2D eigenvalue weighted by Crippen LogP contribution is -2.37. The second-order valence-electron chi connectivity index (χ2n) is 5.61. The van der Waals surface area contributed by atoms with Crippen LogP contribution in [0.5, 0.6) is 5.75 Å². The molecule has 0 saturated heterocycles. The molecule has 27 heavy (non-hydrogen) atoms. The van der Waals surface area contributed by atoms with Crippen LogP contribution < -0.4 is 15.4 Å². The van der Waals surface area contributed by atoms with Gasteiger partial charge in [0, 0.05) is 10.2 Å². The summed E-state index contributed by atoms with van der Waals surface area (Å²) in [5.41, 5.74) is 2.05. The van der Waals surface area contributed by atoms with E-state index < -0.39 is 11.9 Å². The van der Waals surface area contributed by atoms with Crippen molar-refractivity contribution in [3.63, 3.8) is 0 Å². The summed E-state index contributed by atoms with van der Waals surface area (Å²) in [6, 6.07) is 8.48. The lowest BCUT2D eigenvalue weighted by molar-refractivity contribution is -0.121. The number of rotatable bonds is 5. The Morgan fingerprint density at radius 3 is 2.56 bits per heavy atom. The molecule has 0 aliphatic rings. The van der Waals surface area contributed by atoms with Crippen molar-refractivity contribution < 1.29 is 19.4 Å². The van der Waals surface area contributed by atoms with Crippen LogP contribution in [0.2, 0.25) is 0 Å². The molecule has 3 N–H and O–H groups in total. The molecule has 0 aliphatic carbocycles. The first kappa shape index (κ1) is 21.3. The highest BCUT2D eigenvalue weighted by Crippen LogP contribution is 2.32. The second kappa shape index (κ2) is 9.29. The summed E-state index contributed by atoms with van der Waals surface area (Å²) in [4.78, 5) is 23.3. The van der Waals surface area contributed by atoms with Crippen molar-refractivity contribution in [2.75, 3.05) is 11.9 Å². The van der Waals surface area contributed by atoms with Crippen molar-refractivity contribution >= 4 is 66.8 Å². The van der Waals surface area contributed by atoms with E-state index in [1.165, 1.54) is 6.07 Å². The van der Waals surface area contributed by atoms with Crippen LogP contribution in [-0.4, -0.2) is 28.7 Å². The lowest BCUT2D eigenvalue weighted by Gasteiger charge is -2.14. The third-order valence-corrected chi connectivity index (χ3v) is 4.86. The Hall–Kier alpha value is -1.97. The van der Waals surface area contributed by atoms with Gasteiger partial charge in [-0.25, -0.2) is 4.79 Å². The maximum atomic E-state index is 12.1. The van der Waals surface area contributed by atoms with E-state index in [4.69, 9.17) is 22.1 Å². The van der Waals surface area contributed by atoms with Gasteiger partial charge in [-0.1, -0.05) is 22.0 Å². The first-order chi connectivity index (χ1) is 12.7. The number of carbonyl (C=O) groups excluding carboxylic acids is 1. The summed E-state index contributed by atoms with van der Waals surface area (Å²) in [6.07, 6.45) is 0. The van der Waals surface area contributed by atoms with Crippen LogP contribution >= 0.6 is 44.1 Å². The van der Waals surface area contributed by atoms with E-state index in [-0.39, 0.29) is 17.3 Å². The van der Waals surface area contributed by atoms with Gasteiger partial charge in [-0.15, -0.1) is 0 Å². The van der Waals surface area contributed by atoms with E-state index in [2.05, 4.69) is 42.5 Å². The minimum atomic E-state index is -1.03. The van der Waals surface area contributed by atoms with Gasteiger partial charge in [0.05, 0.1) is 10.0 Å². The maximum Gasteiger partial charge on any atom is 0.336 e. The number of aromatic carboxylic acids is 1. The van der Waals surface area contributed by atoms with Gasteiger partial charge in [0.2, 0.25) is 0 Å². The molecule has 0 aromatic heterocycles. The molecule has 0 radical (unpaired) electrons. The van der Waals surface area contributed by atoms with Gasteiger partial charge >= 0.3 is 5.97 Å². The monoisotopic (exact) mass is 514 g/mol. The summed E-state index contributed by atoms with van der Waals surface area (Å²) in [5.74, 6) is -0.902. The Bertz CT molecular complexity index is 895. The molecule has 0 atom stereocenters. The smallest absolute Gasteiger partial charge is 0.336 e. The van der Waals surface area contributed by atoms with Crippen LogP contribution in [0, 0.1) is 13.8 Å². The van der Waals surface area contributed by atoms with Gasteiger partial charge in [0.15, 0.2) is 11.7 Å². The van der Waals surface area contributed by atoms with Crippen LogP contribution in [0.25, 0.3) is 0 Å². The fourth-order valence-corrected chi connectivity index (χ4v) is 4.11. The van der Waals surface area contributed by atoms with E-state index in [1.54, 1.807) is 19.1 Å². The molecule has 0 aliphatic heterocycles. The lowest BCUT2D eigenvalue weighted by atomic mass is 10.1. The van der Waals surface area contributed by atoms with Gasteiger partial charge < -0.3 is 15.2 Å². The number of nitrogens with one attached hydrogen (secondary N) is 2. The average molecular weight is 516 g/mol. The minimum absolute atomic E-state index is 0.0563. The molecule has 0 bridgehead atoms. The van der Waals surface area contributed by atoms with Crippen LogP contribution in [0.4, 0.5) is 5.69 Å². The van der Waals surface area contributed by atoms with Gasteiger partial charge in [-0.3, -0.25) is 10.1 Å². The fraction of sp³-hybridized carbons (Fsp3) is 0.167. The highest BCUT2D eigenvalue weighted by molar-refractivity contribution is 9.11. The number of hydrogen-bond acceptors (Lipinski definition) is 4. The molecule has 0 spiro atoms. The number of ether oxygens (including phenoxy) is 1. The number of thiocarbonyl (C=S) groups is 1. The predicted molar refractivity (Wildman–Crippen MR) is 115 cm³/mol. The van der Waals surface area contributed by atoms with E-state index in [1.807, 2.05) is 19.1 Å². The maximum absolute atomic E-state index is 12.1. The highest BCUT2D eigenvalue weighted by Gasteiger charge is 2.13. The third kappa shape index (κ3) is 5.75. The molecular formula is C18H16Br2N2O4S. The summed E-state index contributed by atoms with van der Waals surface area (Å²) in [5, 5.41) is 14.6. The zero-order valence-corrected chi connectivity index (χ0v) is 18.4. The van der Waals surface area contributed by atoms with E-state index in [0.29, 0.717) is 17.0 Å². The summed E-state index contributed by atoms with van der Waals surface area (Å²) < 4.78 is 7.19. The molecule has 142 valence electrons. The van der Waals surface area contributed by atoms with Crippen LogP contribution in [-0.2, 0) is 4.79 Å². The van der Waals surface area contributed by atoms with Crippen molar-refractivity contribution in [3.05, 3.63) is 56.0 Å². The SMILES string of the molecule is Cc1cc(Br)cc(Br)c1OCC(=O)NC(=S)Nc1cccc(C(=O)O)c1C. The third-order valence-electron chi connectivity index (χ3n) is 3.61. The minimum Gasteiger partial charge on any atom is -0.482 e. The molecule has 2 aromatic carbocycles. The number of carbonyl (C=O) groups is 2. The van der Waals surface area contributed by atoms with Crippen molar-refractivity contribution in [1.29, 1.82) is 0 Å². The van der Waals surface area contributed by atoms with Crippen LogP contribution in [0.15, 0.2) is 39.3 Å². The van der Waals surface area contributed by atoms with Gasteiger partial charge in [0.1, 0.15) is 5.75 Å². The summed E-state index contributed by atoms with van der Waals surface area (Å²) >= 11 is 11.9. The number of halogens is 2. The first-order valence-corrected chi connectivity index (χ1v) is 9.70. The Morgan fingerprint density at radius 1 is 1.22 bits per heavy atom. The molecule has 0 unspecified atom stereocenters. The zero-order chi connectivity index (χ0) is 20.1. The Kier molecular flexibility index (Phi) is 7.34. The number of hydrogen-bond donors (Lipinski definition) is 3. The molecule has 6 nitrogen and oxygen atoms in total. The van der Waals surface area contributed by atoms with Gasteiger partial charge in [0.25, 0.3) is 5.91 Å². The highest BCUT2D eigenvalue weighted by atomic mass is 79.9. The van der Waals surface area contributed by atoms with Gasteiger partial charge in [-0.2, -0.15) is 0 Å². The number of benzene rings is 2. The van der Waals surface area contributed by atoms with Crippen LogP contribution in [0.3, 0.4) is 0 Å². The number of anilines is 1. The molecule has 0 fully saturated rings. The molecule has 0 saturated carbocycles. The van der Waals surface area contributed by atoms with Crippen molar-refractivity contribution in [3.8, 4) is 5.75 Å². The topological polar surface area (TPSA) is 87.7 Å².